The quantitative estimate of drug-likeness (QED) is 0.591. The van der Waals surface area contributed by atoms with Crippen LogP contribution in [0.5, 0.6) is 0 Å². The minimum absolute atomic E-state index is 0.0318. The summed E-state index contributed by atoms with van der Waals surface area (Å²) < 4.78 is 0. The van der Waals surface area contributed by atoms with E-state index in [2.05, 4.69) is 16.0 Å². The second-order valence-electron chi connectivity index (χ2n) is 7.57. The average Bonchev–Trinajstić information content (AvgIpc) is 3.05. The molecule has 3 heterocycles. The number of piperidine rings is 1. The zero-order valence-corrected chi connectivity index (χ0v) is 18.0. The van der Waals surface area contributed by atoms with Gasteiger partial charge in [0.05, 0.1) is 4.91 Å². The summed E-state index contributed by atoms with van der Waals surface area (Å²) in [5, 5.41) is 0.672. The highest BCUT2D eigenvalue weighted by molar-refractivity contribution is 8.04. The van der Waals surface area contributed by atoms with Gasteiger partial charge in [-0.1, -0.05) is 41.9 Å². The van der Waals surface area contributed by atoms with Crippen molar-refractivity contribution in [2.24, 2.45) is 0 Å². The van der Waals surface area contributed by atoms with Crippen molar-refractivity contribution in [3.8, 4) is 0 Å². The third kappa shape index (κ3) is 5.21. The van der Waals surface area contributed by atoms with Crippen molar-refractivity contribution in [2.45, 2.75) is 31.1 Å². The van der Waals surface area contributed by atoms with Gasteiger partial charge in [0.2, 0.25) is 0 Å². The van der Waals surface area contributed by atoms with Crippen LogP contribution >= 0.6 is 23.4 Å². The number of carbonyl (C=O) groups excluding carboxylic acids is 1. The number of rotatable bonds is 6. The topological polar surface area (TPSA) is 36.4 Å². The van der Waals surface area contributed by atoms with E-state index in [0.29, 0.717) is 5.02 Å². The monoisotopic (exact) mass is 427 g/mol. The Morgan fingerprint density at radius 1 is 1.10 bits per heavy atom. The van der Waals surface area contributed by atoms with Crippen LogP contribution in [0.25, 0.3) is 6.08 Å². The van der Waals surface area contributed by atoms with Gasteiger partial charge in [-0.25, -0.2) is 0 Å². The molecule has 2 fully saturated rings. The summed E-state index contributed by atoms with van der Waals surface area (Å²) in [5.74, 6) is 0.107. The number of benzene rings is 1. The van der Waals surface area contributed by atoms with E-state index in [0.717, 1.165) is 35.5 Å². The number of hydrogen-bond donors (Lipinski definition) is 0. The number of nitrogens with zero attached hydrogens (tertiary/aromatic N) is 3. The van der Waals surface area contributed by atoms with Crippen LogP contribution in [0, 0.1) is 0 Å². The molecule has 6 heteroatoms. The Morgan fingerprint density at radius 2 is 1.90 bits per heavy atom. The Labute approximate surface area is 181 Å². The molecule has 1 unspecified atom stereocenters. The van der Waals surface area contributed by atoms with Crippen molar-refractivity contribution in [1.82, 2.24) is 14.8 Å². The standard InChI is InChI=1S/C23H26ClN3OS/c24-20-7-4-6-19(17-20)23-27(15-5-14-26-12-2-1-3-13-26)22(28)21(29-23)16-18-8-10-25-11-9-18/h4,6-11,16-17,23H,1-3,5,12-15H2. The number of halogens is 1. The molecule has 2 aliphatic rings. The number of amides is 1. The number of carbonyl (C=O) groups is 1. The van der Waals surface area contributed by atoms with E-state index >= 15 is 0 Å². The van der Waals surface area contributed by atoms with Gasteiger partial charge in [-0.15, -0.1) is 0 Å². The van der Waals surface area contributed by atoms with Crippen LogP contribution in [0.1, 0.15) is 42.2 Å². The molecule has 152 valence electrons. The minimum atomic E-state index is -0.0318. The van der Waals surface area contributed by atoms with Crippen molar-refractivity contribution >= 4 is 35.3 Å². The molecule has 0 N–H and O–H groups in total. The summed E-state index contributed by atoms with van der Waals surface area (Å²) in [7, 11) is 0. The molecule has 2 saturated heterocycles. The number of hydrogen-bond acceptors (Lipinski definition) is 4. The highest BCUT2D eigenvalue weighted by Gasteiger charge is 2.36. The van der Waals surface area contributed by atoms with Gasteiger partial charge in [0.15, 0.2) is 0 Å². The number of aromatic nitrogens is 1. The molecule has 2 aromatic rings. The predicted octanol–water partition coefficient (Wildman–Crippen LogP) is 5.23. The summed E-state index contributed by atoms with van der Waals surface area (Å²) in [6, 6.07) is 11.7. The first-order valence-corrected chi connectivity index (χ1v) is 11.5. The molecule has 1 aromatic carbocycles. The maximum absolute atomic E-state index is 13.2. The molecular weight excluding hydrogens is 402 g/mol. The van der Waals surface area contributed by atoms with E-state index in [1.54, 1.807) is 24.2 Å². The number of likely N-dealkylation sites (tertiary alicyclic amines) is 1. The first kappa shape index (κ1) is 20.5. The summed E-state index contributed by atoms with van der Waals surface area (Å²) in [5.41, 5.74) is 2.07. The summed E-state index contributed by atoms with van der Waals surface area (Å²) in [6.45, 7) is 4.19. The van der Waals surface area contributed by atoms with Crippen LogP contribution in [-0.4, -0.2) is 46.9 Å². The molecule has 1 amide bonds. The van der Waals surface area contributed by atoms with Crippen molar-refractivity contribution in [3.63, 3.8) is 0 Å². The fourth-order valence-corrected chi connectivity index (χ4v) is 5.44. The molecule has 0 spiro atoms. The van der Waals surface area contributed by atoms with Gasteiger partial charge in [0.25, 0.3) is 5.91 Å². The maximum Gasteiger partial charge on any atom is 0.261 e. The van der Waals surface area contributed by atoms with E-state index in [-0.39, 0.29) is 11.3 Å². The van der Waals surface area contributed by atoms with E-state index in [1.807, 2.05) is 41.3 Å². The Hall–Kier alpha value is -1.82. The summed E-state index contributed by atoms with van der Waals surface area (Å²) >= 11 is 7.85. The van der Waals surface area contributed by atoms with Crippen molar-refractivity contribution in [3.05, 3.63) is 69.8 Å². The lowest BCUT2D eigenvalue weighted by atomic mass is 10.1. The van der Waals surface area contributed by atoms with E-state index in [1.165, 1.54) is 32.4 Å². The van der Waals surface area contributed by atoms with Gasteiger partial charge in [0, 0.05) is 24.0 Å². The van der Waals surface area contributed by atoms with Crippen LogP contribution in [0.4, 0.5) is 0 Å². The molecule has 1 aromatic heterocycles. The molecule has 2 aliphatic heterocycles. The molecule has 4 rings (SSSR count). The lowest BCUT2D eigenvalue weighted by Gasteiger charge is -2.28. The largest absolute Gasteiger partial charge is 0.322 e. The smallest absolute Gasteiger partial charge is 0.261 e. The van der Waals surface area contributed by atoms with E-state index < -0.39 is 0 Å². The fourth-order valence-electron chi connectivity index (χ4n) is 3.96. The third-order valence-corrected chi connectivity index (χ3v) is 6.98. The van der Waals surface area contributed by atoms with Crippen molar-refractivity contribution in [2.75, 3.05) is 26.2 Å². The molecule has 0 radical (unpaired) electrons. The molecular formula is C23H26ClN3OS. The van der Waals surface area contributed by atoms with Crippen LogP contribution < -0.4 is 0 Å². The van der Waals surface area contributed by atoms with Crippen LogP contribution in [0.2, 0.25) is 5.02 Å². The second-order valence-corrected chi connectivity index (χ2v) is 9.13. The zero-order valence-electron chi connectivity index (χ0n) is 16.5. The maximum atomic E-state index is 13.2. The molecule has 0 saturated carbocycles. The van der Waals surface area contributed by atoms with E-state index in [4.69, 9.17) is 11.6 Å². The van der Waals surface area contributed by atoms with Crippen molar-refractivity contribution < 1.29 is 4.79 Å². The molecule has 1 atom stereocenters. The Bertz CT molecular complexity index is 867. The number of pyridine rings is 1. The summed E-state index contributed by atoms with van der Waals surface area (Å²) in [4.78, 5) is 22.6. The third-order valence-electron chi connectivity index (χ3n) is 5.45. The van der Waals surface area contributed by atoms with Crippen LogP contribution in [-0.2, 0) is 4.79 Å². The zero-order chi connectivity index (χ0) is 20.1. The van der Waals surface area contributed by atoms with Gasteiger partial charge in [-0.3, -0.25) is 9.78 Å². The van der Waals surface area contributed by atoms with Crippen molar-refractivity contribution in [1.29, 1.82) is 0 Å². The van der Waals surface area contributed by atoms with Gasteiger partial charge in [-0.2, -0.15) is 0 Å². The van der Waals surface area contributed by atoms with Gasteiger partial charge >= 0.3 is 0 Å². The van der Waals surface area contributed by atoms with E-state index in [9.17, 15) is 4.79 Å². The molecule has 29 heavy (non-hydrogen) atoms. The Balaban J connectivity index is 1.51. The minimum Gasteiger partial charge on any atom is -0.322 e. The van der Waals surface area contributed by atoms with Crippen LogP contribution in [0.15, 0.2) is 53.7 Å². The molecule has 0 bridgehead atoms. The lowest BCUT2D eigenvalue weighted by molar-refractivity contribution is -0.126. The fraction of sp³-hybridized carbons (Fsp3) is 0.391. The first-order valence-electron chi connectivity index (χ1n) is 10.3. The number of thioether (sulfide) groups is 1. The Morgan fingerprint density at radius 3 is 2.66 bits per heavy atom. The molecule has 4 nitrogen and oxygen atoms in total. The Kier molecular flexibility index (Phi) is 6.90. The molecule has 0 aliphatic carbocycles. The highest BCUT2D eigenvalue weighted by Crippen LogP contribution is 2.46. The highest BCUT2D eigenvalue weighted by atomic mass is 35.5. The van der Waals surface area contributed by atoms with Crippen LogP contribution in [0.3, 0.4) is 0 Å². The average molecular weight is 428 g/mol. The SMILES string of the molecule is O=C1C(=Cc2ccncc2)SC(c2cccc(Cl)c2)N1CCCN1CCCCC1. The van der Waals surface area contributed by atoms with Gasteiger partial charge in [-0.05, 0) is 80.4 Å². The normalized spacial score (nSPS) is 21.8. The van der Waals surface area contributed by atoms with Gasteiger partial charge < -0.3 is 9.80 Å². The second kappa shape index (κ2) is 9.79. The van der Waals surface area contributed by atoms with Gasteiger partial charge in [0.1, 0.15) is 5.37 Å². The predicted molar refractivity (Wildman–Crippen MR) is 121 cm³/mol. The summed E-state index contributed by atoms with van der Waals surface area (Å²) in [6.07, 6.45) is 10.4. The first-order chi connectivity index (χ1) is 14.2. The lowest BCUT2D eigenvalue weighted by Crippen LogP contribution is -2.34.